The van der Waals surface area contributed by atoms with E-state index in [4.69, 9.17) is 21.1 Å². The lowest BCUT2D eigenvalue weighted by atomic mass is 10.0. The molecule has 1 aromatic heterocycles. The molecule has 2 aromatic rings. The summed E-state index contributed by atoms with van der Waals surface area (Å²) in [6.45, 7) is 6.30. The van der Waals surface area contributed by atoms with E-state index in [1.54, 1.807) is 24.4 Å². The van der Waals surface area contributed by atoms with Crippen molar-refractivity contribution in [1.29, 1.82) is 0 Å². The molecule has 1 saturated carbocycles. The van der Waals surface area contributed by atoms with Crippen LogP contribution in [0.1, 0.15) is 45.6 Å². The van der Waals surface area contributed by atoms with Gasteiger partial charge in [0.2, 0.25) is 11.8 Å². The van der Waals surface area contributed by atoms with Crippen LogP contribution in [0.3, 0.4) is 0 Å². The van der Waals surface area contributed by atoms with Gasteiger partial charge in [0.05, 0.1) is 11.6 Å². The molecule has 0 aliphatic heterocycles. The summed E-state index contributed by atoms with van der Waals surface area (Å²) < 4.78 is 11.5. The van der Waals surface area contributed by atoms with Crippen LogP contribution in [0, 0.1) is 5.92 Å². The van der Waals surface area contributed by atoms with Crippen LogP contribution in [-0.4, -0.2) is 23.5 Å². The minimum Gasteiger partial charge on any atom is -0.493 e. The maximum atomic E-state index is 11.3. The molecule has 3 rings (SSSR count). The second-order valence-electron chi connectivity index (χ2n) is 7.37. The third-order valence-corrected chi connectivity index (χ3v) is 5.09. The van der Waals surface area contributed by atoms with E-state index in [2.05, 4.69) is 17.2 Å². The third kappa shape index (κ3) is 6.50. The molecule has 1 unspecified atom stereocenters. The van der Waals surface area contributed by atoms with Crippen molar-refractivity contribution in [3.63, 3.8) is 0 Å². The van der Waals surface area contributed by atoms with Crippen molar-refractivity contribution < 1.29 is 14.3 Å². The number of aromatic nitrogens is 1. The van der Waals surface area contributed by atoms with Crippen molar-refractivity contribution in [2.24, 2.45) is 5.92 Å². The highest BCUT2D eigenvalue weighted by molar-refractivity contribution is 6.32. The summed E-state index contributed by atoms with van der Waals surface area (Å²) in [6, 6.07) is 9.14. The van der Waals surface area contributed by atoms with Crippen molar-refractivity contribution in [2.75, 3.05) is 6.61 Å². The van der Waals surface area contributed by atoms with Gasteiger partial charge in [0, 0.05) is 31.3 Å². The van der Waals surface area contributed by atoms with E-state index in [-0.39, 0.29) is 11.9 Å². The van der Waals surface area contributed by atoms with Crippen molar-refractivity contribution in [3.05, 3.63) is 52.7 Å². The summed E-state index contributed by atoms with van der Waals surface area (Å²) in [5.74, 6) is 2.40. The lowest BCUT2D eigenvalue weighted by Crippen LogP contribution is -2.31. The molecule has 154 valence electrons. The topological polar surface area (TPSA) is 60.5 Å². The lowest BCUT2D eigenvalue weighted by Gasteiger charge is -2.15. The van der Waals surface area contributed by atoms with E-state index in [1.165, 1.54) is 19.8 Å². The van der Waals surface area contributed by atoms with Crippen molar-refractivity contribution in [1.82, 2.24) is 10.3 Å². The fraction of sp³-hybridized carbons (Fsp3) is 0.391. The summed E-state index contributed by atoms with van der Waals surface area (Å²) in [6.07, 6.45) is 7.11. The van der Waals surface area contributed by atoms with Gasteiger partial charge in [-0.3, -0.25) is 4.79 Å². The molecule has 0 saturated heterocycles. The molecule has 0 bridgehead atoms. The largest absolute Gasteiger partial charge is 0.493 e. The summed E-state index contributed by atoms with van der Waals surface area (Å²) in [7, 11) is 0. The van der Waals surface area contributed by atoms with Crippen molar-refractivity contribution in [3.8, 4) is 17.4 Å². The zero-order valence-electron chi connectivity index (χ0n) is 17.1. The Morgan fingerprint density at radius 2 is 2.14 bits per heavy atom. The molecule has 0 spiro atoms. The predicted molar refractivity (Wildman–Crippen MR) is 116 cm³/mol. The Labute approximate surface area is 177 Å². The molecule has 5 nitrogen and oxygen atoms in total. The first kappa shape index (κ1) is 21.2. The molecule has 1 heterocycles. The highest BCUT2D eigenvalue weighted by atomic mass is 35.5. The van der Waals surface area contributed by atoms with E-state index in [9.17, 15) is 4.79 Å². The molecular formula is C23H27ClN2O3. The van der Waals surface area contributed by atoms with Crippen LogP contribution in [0.15, 0.2) is 42.1 Å². The molecule has 1 aliphatic carbocycles. The highest BCUT2D eigenvalue weighted by Gasteiger charge is 2.22. The van der Waals surface area contributed by atoms with Crippen LogP contribution in [-0.2, 0) is 4.79 Å². The van der Waals surface area contributed by atoms with Gasteiger partial charge in [0.1, 0.15) is 11.5 Å². The number of hydrogen-bond acceptors (Lipinski definition) is 4. The number of rotatable bonds is 9. The first-order chi connectivity index (χ1) is 13.9. The molecule has 1 N–H and O–H groups in total. The molecule has 1 aliphatic rings. The zero-order chi connectivity index (χ0) is 20.8. The van der Waals surface area contributed by atoms with Gasteiger partial charge in [-0.2, -0.15) is 0 Å². The Balaban J connectivity index is 1.63. The number of nitrogens with zero attached hydrogens (tertiary/aromatic N) is 1. The quantitative estimate of drug-likeness (QED) is 0.577. The van der Waals surface area contributed by atoms with Gasteiger partial charge in [0.25, 0.3) is 0 Å². The minimum atomic E-state index is -0.0421. The number of halogens is 1. The minimum absolute atomic E-state index is 0.0205. The second kappa shape index (κ2) is 9.79. The molecule has 29 heavy (non-hydrogen) atoms. The SMILES string of the molecule is CC/C(=C\c1ccc(Oc2ccc(OCC3CC3)cc2Cl)nc1)C(C)NC(C)=O. The third-order valence-electron chi connectivity index (χ3n) is 4.80. The van der Waals surface area contributed by atoms with Gasteiger partial charge >= 0.3 is 0 Å². The van der Waals surface area contributed by atoms with Crippen LogP contribution in [0.4, 0.5) is 0 Å². The number of nitrogens with one attached hydrogen (secondary N) is 1. The second-order valence-corrected chi connectivity index (χ2v) is 7.78. The van der Waals surface area contributed by atoms with E-state index < -0.39 is 0 Å². The average Bonchev–Trinajstić information content (AvgIpc) is 3.51. The Hall–Kier alpha value is -2.53. The Bertz CT molecular complexity index is 876. The molecule has 1 aromatic carbocycles. The van der Waals surface area contributed by atoms with Gasteiger partial charge in [-0.05, 0) is 61.4 Å². The molecular weight excluding hydrogens is 388 g/mol. The monoisotopic (exact) mass is 414 g/mol. The number of amides is 1. The fourth-order valence-corrected chi connectivity index (χ4v) is 3.16. The number of ether oxygens (including phenoxy) is 2. The molecule has 1 atom stereocenters. The van der Waals surface area contributed by atoms with E-state index in [0.717, 1.165) is 29.9 Å². The van der Waals surface area contributed by atoms with E-state index >= 15 is 0 Å². The predicted octanol–water partition coefficient (Wildman–Crippen LogP) is 5.63. The smallest absolute Gasteiger partial charge is 0.219 e. The first-order valence-electron chi connectivity index (χ1n) is 9.98. The Kier molecular flexibility index (Phi) is 7.15. The van der Waals surface area contributed by atoms with Gasteiger partial charge < -0.3 is 14.8 Å². The van der Waals surface area contributed by atoms with Crippen LogP contribution in [0.2, 0.25) is 5.02 Å². The zero-order valence-corrected chi connectivity index (χ0v) is 17.8. The highest BCUT2D eigenvalue weighted by Crippen LogP contribution is 2.34. The Morgan fingerprint density at radius 3 is 2.72 bits per heavy atom. The molecule has 1 fully saturated rings. The Morgan fingerprint density at radius 1 is 1.34 bits per heavy atom. The van der Waals surface area contributed by atoms with Gasteiger partial charge in [-0.25, -0.2) is 4.98 Å². The normalized spacial score (nSPS) is 15.0. The van der Waals surface area contributed by atoms with Crippen LogP contribution >= 0.6 is 11.6 Å². The number of hydrogen-bond donors (Lipinski definition) is 1. The molecule has 6 heteroatoms. The summed E-state index contributed by atoms with van der Waals surface area (Å²) in [5.41, 5.74) is 2.07. The standard InChI is InChI=1S/C23H27ClN2O3/c1-4-19(15(2)26-16(3)27)11-18-7-10-23(25-13-18)29-22-9-8-20(12-21(22)24)28-14-17-5-6-17/h7-13,15,17H,4-6,14H2,1-3H3,(H,26,27)/b19-11+. The summed E-state index contributed by atoms with van der Waals surface area (Å²) in [4.78, 5) is 15.6. The lowest BCUT2D eigenvalue weighted by molar-refractivity contribution is -0.119. The fourth-order valence-electron chi connectivity index (χ4n) is 2.95. The van der Waals surface area contributed by atoms with Crippen LogP contribution in [0.25, 0.3) is 6.08 Å². The first-order valence-corrected chi connectivity index (χ1v) is 10.4. The maximum Gasteiger partial charge on any atom is 0.219 e. The van der Waals surface area contributed by atoms with Crippen LogP contribution < -0.4 is 14.8 Å². The molecule has 1 amide bonds. The number of carbonyl (C=O) groups excluding carboxylic acids is 1. The average molecular weight is 415 g/mol. The van der Waals surface area contributed by atoms with Gasteiger partial charge in [-0.15, -0.1) is 0 Å². The van der Waals surface area contributed by atoms with Crippen LogP contribution in [0.5, 0.6) is 17.4 Å². The maximum absolute atomic E-state index is 11.3. The number of benzene rings is 1. The van der Waals surface area contributed by atoms with E-state index in [1.807, 2.05) is 25.1 Å². The molecule has 0 radical (unpaired) electrons. The number of pyridine rings is 1. The summed E-state index contributed by atoms with van der Waals surface area (Å²) >= 11 is 6.33. The van der Waals surface area contributed by atoms with Crippen molar-refractivity contribution >= 4 is 23.6 Å². The van der Waals surface area contributed by atoms with Gasteiger partial charge in [-0.1, -0.05) is 24.6 Å². The summed E-state index contributed by atoms with van der Waals surface area (Å²) in [5, 5.41) is 3.40. The van der Waals surface area contributed by atoms with Gasteiger partial charge in [0.15, 0.2) is 0 Å². The van der Waals surface area contributed by atoms with Crippen molar-refractivity contribution in [2.45, 2.75) is 46.1 Å². The van der Waals surface area contributed by atoms with E-state index in [0.29, 0.717) is 22.6 Å². The number of carbonyl (C=O) groups is 1.